The van der Waals surface area contributed by atoms with Crippen molar-refractivity contribution < 1.29 is 0 Å². The average Bonchev–Trinajstić information content (AvgIpc) is 2.98. The van der Waals surface area contributed by atoms with Gasteiger partial charge in [-0.15, -0.1) is 0 Å². The Labute approximate surface area is 163 Å². The van der Waals surface area contributed by atoms with Gasteiger partial charge >= 0.3 is 0 Å². The lowest BCUT2D eigenvalue weighted by Gasteiger charge is -2.20. The quantitative estimate of drug-likeness (QED) is 0.446. The zero-order valence-electron chi connectivity index (χ0n) is 16.6. The van der Waals surface area contributed by atoms with Crippen molar-refractivity contribution in [3.05, 3.63) is 42.1 Å². The molecule has 0 aliphatic carbocycles. The van der Waals surface area contributed by atoms with E-state index < -0.39 is 0 Å². The maximum atomic E-state index is 4.77. The summed E-state index contributed by atoms with van der Waals surface area (Å²) < 4.78 is 0. The zero-order chi connectivity index (χ0) is 18.7. The third-order valence-corrected chi connectivity index (χ3v) is 5.11. The fourth-order valence-corrected chi connectivity index (χ4v) is 3.67. The van der Waals surface area contributed by atoms with E-state index in [9.17, 15) is 0 Å². The number of benzene rings is 1. The molecule has 1 fully saturated rings. The van der Waals surface area contributed by atoms with Crippen LogP contribution in [0.2, 0.25) is 0 Å². The first-order chi connectivity index (χ1) is 13.4. The van der Waals surface area contributed by atoms with Gasteiger partial charge < -0.3 is 15.5 Å². The van der Waals surface area contributed by atoms with Crippen molar-refractivity contribution in [1.29, 1.82) is 0 Å². The van der Waals surface area contributed by atoms with Crippen molar-refractivity contribution in [2.45, 2.75) is 45.6 Å². The van der Waals surface area contributed by atoms with Gasteiger partial charge in [0.1, 0.15) is 0 Å². The van der Waals surface area contributed by atoms with Crippen molar-refractivity contribution in [3.8, 4) is 0 Å². The number of nitrogens with zero attached hydrogens (tertiary/aromatic N) is 3. The number of hydrogen-bond donors (Lipinski definition) is 2. The highest BCUT2D eigenvalue weighted by Gasteiger charge is 2.08. The van der Waals surface area contributed by atoms with E-state index in [2.05, 4.69) is 51.7 Å². The molecule has 0 radical (unpaired) electrons. The second-order valence-electron chi connectivity index (χ2n) is 7.22. The molecule has 0 amide bonds. The van der Waals surface area contributed by atoms with E-state index in [4.69, 9.17) is 4.99 Å². The SMILES string of the molecule is CCNC(=NCc1cccc2cccnc12)NCCCN1CCCCCC1. The van der Waals surface area contributed by atoms with Crippen molar-refractivity contribution in [2.24, 2.45) is 4.99 Å². The Morgan fingerprint density at radius 2 is 1.89 bits per heavy atom. The number of aromatic nitrogens is 1. The van der Waals surface area contributed by atoms with Gasteiger partial charge in [0.25, 0.3) is 0 Å². The van der Waals surface area contributed by atoms with E-state index in [0.717, 1.165) is 36.6 Å². The van der Waals surface area contributed by atoms with Gasteiger partial charge in [0.05, 0.1) is 12.1 Å². The van der Waals surface area contributed by atoms with Gasteiger partial charge in [0.2, 0.25) is 0 Å². The zero-order valence-corrected chi connectivity index (χ0v) is 16.6. The van der Waals surface area contributed by atoms with Crippen LogP contribution in [0.5, 0.6) is 0 Å². The molecule has 0 bridgehead atoms. The van der Waals surface area contributed by atoms with Crippen LogP contribution in [0.25, 0.3) is 10.9 Å². The fourth-order valence-electron chi connectivity index (χ4n) is 3.67. The second-order valence-corrected chi connectivity index (χ2v) is 7.22. The number of para-hydroxylation sites is 1. The number of pyridine rings is 1. The summed E-state index contributed by atoms with van der Waals surface area (Å²) in [5.74, 6) is 0.890. The largest absolute Gasteiger partial charge is 0.357 e. The summed E-state index contributed by atoms with van der Waals surface area (Å²) in [4.78, 5) is 11.9. The highest BCUT2D eigenvalue weighted by atomic mass is 15.2. The Morgan fingerprint density at radius 3 is 2.70 bits per heavy atom. The molecule has 2 N–H and O–H groups in total. The van der Waals surface area contributed by atoms with Crippen LogP contribution in [0.3, 0.4) is 0 Å². The summed E-state index contributed by atoms with van der Waals surface area (Å²) in [6.45, 7) is 8.27. The molecule has 1 aliphatic heterocycles. The van der Waals surface area contributed by atoms with Gasteiger partial charge in [-0.3, -0.25) is 4.98 Å². The van der Waals surface area contributed by atoms with Gasteiger partial charge in [-0.2, -0.15) is 0 Å². The molecule has 2 heterocycles. The molecular weight excluding hydrogens is 334 g/mol. The summed E-state index contributed by atoms with van der Waals surface area (Å²) in [5.41, 5.74) is 2.20. The number of guanidine groups is 1. The maximum absolute atomic E-state index is 4.77. The van der Waals surface area contributed by atoms with Crippen molar-refractivity contribution >= 4 is 16.9 Å². The van der Waals surface area contributed by atoms with Crippen LogP contribution in [-0.2, 0) is 6.54 Å². The highest BCUT2D eigenvalue weighted by Crippen LogP contribution is 2.16. The predicted molar refractivity (Wildman–Crippen MR) is 114 cm³/mol. The number of likely N-dealkylation sites (tertiary alicyclic amines) is 1. The smallest absolute Gasteiger partial charge is 0.191 e. The van der Waals surface area contributed by atoms with E-state index >= 15 is 0 Å². The van der Waals surface area contributed by atoms with E-state index in [1.807, 2.05) is 12.3 Å². The lowest BCUT2D eigenvalue weighted by molar-refractivity contribution is 0.282. The Hall–Kier alpha value is -2.14. The first kappa shape index (κ1) is 19.6. The van der Waals surface area contributed by atoms with Gasteiger partial charge in [-0.25, -0.2) is 4.99 Å². The van der Waals surface area contributed by atoms with Crippen LogP contribution in [-0.4, -0.2) is 48.6 Å². The van der Waals surface area contributed by atoms with E-state index in [-0.39, 0.29) is 0 Å². The Bertz CT molecular complexity index is 714. The second kappa shape index (κ2) is 10.9. The molecule has 1 aromatic heterocycles. The Morgan fingerprint density at radius 1 is 1.07 bits per heavy atom. The molecule has 27 heavy (non-hydrogen) atoms. The molecule has 0 saturated carbocycles. The lowest BCUT2D eigenvalue weighted by atomic mass is 10.1. The molecule has 1 aromatic carbocycles. The van der Waals surface area contributed by atoms with Gasteiger partial charge in [0.15, 0.2) is 5.96 Å². The maximum Gasteiger partial charge on any atom is 0.191 e. The van der Waals surface area contributed by atoms with Crippen LogP contribution < -0.4 is 10.6 Å². The summed E-state index contributed by atoms with van der Waals surface area (Å²) in [7, 11) is 0. The number of fused-ring (bicyclic) bond motifs is 1. The number of aliphatic imine (C=N–C) groups is 1. The molecule has 3 rings (SSSR count). The molecule has 5 nitrogen and oxygen atoms in total. The Kier molecular flexibility index (Phi) is 7.90. The molecule has 0 unspecified atom stereocenters. The normalized spacial score (nSPS) is 16.3. The van der Waals surface area contributed by atoms with Crippen molar-refractivity contribution in [1.82, 2.24) is 20.5 Å². The monoisotopic (exact) mass is 367 g/mol. The third kappa shape index (κ3) is 6.21. The number of nitrogens with one attached hydrogen (secondary N) is 2. The van der Waals surface area contributed by atoms with Crippen LogP contribution in [0.4, 0.5) is 0 Å². The van der Waals surface area contributed by atoms with E-state index in [1.54, 1.807) is 0 Å². The minimum Gasteiger partial charge on any atom is -0.357 e. The predicted octanol–water partition coefficient (Wildman–Crippen LogP) is 3.56. The summed E-state index contributed by atoms with van der Waals surface area (Å²) in [6, 6.07) is 10.4. The van der Waals surface area contributed by atoms with Gasteiger partial charge in [-0.05, 0) is 57.5 Å². The van der Waals surface area contributed by atoms with Crippen molar-refractivity contribution in [2.75, 3.05) is 32.7 Å². The number of rotatable bonds is 7. The summed E-state index contributed by atoms with van der Waals surface area (Å²) in [6.07, 6.45) is 8.51. The third-order valence-electron chi connectivity index (χ3n) is 5.11. The minimum absolute atomic E-state index is 0.635. The van der Waals surface area contributed by atoms with Crippen LogP contribution in [0.1, 0.15) is 44.6 Å². The molecule has 1 saturated heterocycles. The number of hydrogen-bond acceptors (Lipinski definition) is 3. The van der Waals surface area contributed by atoms with E-state index in [0.29, 0.717) is 6.54 Å². The van der Waals surface area contributed by atoms with Gasteiger partial charge in [0, 0.05) is 24.7 Å². The average molecular weight is 368 g/mol. The fraction of sp³-hybridized carbons (Fsp3) is 0.545. The molecule has 5 heteroatoms. The summed E-state index contributed by atoms with van der Waals surface area (Å²) >= 11 is 0. The van der Waals surface area contributed by atoms with Crippen LogP contribution in [0.15, 0.2) is 41.5 Å². The highest BCUT2D eigenvalue weighted by molar-refractivity contribution is 5.83. The van der Waals surface area contributed by atoms with E-state index in [1.165, 1.54) is 50.7 Å². The standard InChI is InChI=1S/C22H33N5/c1-2-23-22(25-14-9-17-27-15-5-3-4-6-16-27)26-18-20-11-7-10-19-12-8-13-24-21(19)20/h7-8,10-13H,2-6,9,14-18H2,1H3,(H2,23,25,26). The molecule has 0 spiro atoms. The molecule has 1 aliphatic rings. The van der Waals surface area contributed by atoms with Crippen LogP contribution >= 0.6 is 0 Å². The molecular formula is C22H33N5. The molecule has 2 aromatic rings. The molecule has 0 atom stereocenters. The topological polar surface area (TPSA) is 52.6 Å². The van der Waals surface area contributed by atoms with Gasteiger partial charge in [-0.1, -0.05) is 37.1 Å². The molecule has 146 valence electrons. The first-order valence-corrected chi connectivity index (χ1v) is 10.4. The first-order valence-electron chi connectivity index (χ1n) is 10.4. The lowest BCUT2D eigenvalue weighted by Crippen LogP contribution is -2.39. The minimum atomic E-state index is 0.635. The summed E-state index contributed by atoms with van der Waals surface area (Å²) in [5, 5.41) is 8.01. The Balaban J connectivity index is 1.51. The van der Waals surface area contributed by atoms with Crippen molar-refractivity contribution in [3.63, 3.8) is 0 Å². The van der Waals surface area contributed by atoms with Crippen LogP contribution in [0, 0.1) is 0 Å².